The Bertz CT molecular complexity index is 307. The first kappa shape index (κ1) is 16.0. The maximum absolute atomic E-state index is 12.3. The van der Waals surface area contributed by atoms with E-state index in [4.69, 9.17) is 4.74 Å². The summed E-state index contributed by atoms with van der Waals surface area (Å²) in [6.07, 6.45) is 3.15. The topological polar surface area (TPSA) is 58.6 Å². The van der Waals surface area contributed by atoms with Crippen molar-refractivity contribution in [1.82, 2.24) is 10.2 Å². The molecule has 5 nitrogen and oxygen atoms in total. The molecular weight excluding hydrogens is 244 g/mol. The van der Waals surface area contributed by atoms with Crippen LogP contribution in [0.5, 0.6) is 0 Å². The second-order valence-corrected chi connectivity index (χ2v) is 5.08. The predicted octanol–water partition coefficient (Wildman–Crippen LogP) is 1.32. The van der Waals surface area contributed by atoms with Gasteiger partial charge in [-0.1, -0.05) is 20.3 Å². The molecule has 5 heteroatoms. The molecule has 0 aromatic carbocycles. The summed E-state index contributed by atoms with van der Waals surface area (Å²) in [6, 6.07) is -0.438. The lowest BCUT2D eigenvalue weighted by atomic mass is 10.2. The third-order valence-corrected chi connectivity index (χ3v) is 3.46. The van der Waals surface area contributed by atoms with Crippen LogP contribution in [-0.2, 0) is 14.3 Å². The molecule has 0 aromatic rings. The van der Waals surface area contributed by atoms with Gasteiger partial charge in [0.15, 0.2) is 0 Å². The zero-order valence-corrected chi connectivity index (χ0v) is 12.3. The molecule has 0 saturated carbocycles. The Kier molecular flexibility index (Phi) is 6.84. The summed E-state index contributed by atoms with van der Waals surface area (Å²) in [7, 11) is 0. The smallest absolute Gasteiger partial charge is 0.245 e. The lowest BCUT2D eigenvalue weighted by Gasteiger charge is -2.28. The Labute approximate surface area is 115 Å². The van der Waals surface area contributed by atoms with Crippen molar-refractivity contribution in [3.63, 3.8) is 0 Å². The number of ether oxygens (including phenoxy) is 1. The first-order valence-corrected chi connectivity index (χ1v) is 7.27. The number of amides is 2. The zero-order valence-electron chi connectivity index (χ0n) is 12.3. The summed E-state index contributed by atoms with van der Waals surface area (Å²) >= 11 is 0. The van der Waals surface area contributed by atoms with Crippen molar-refractivity contribution < 1.29 is 14.3 Å². The first-order chi connectivity index (χ1) is 9.10. The third-order valence-electron chi connectivity index (χ3n) is 3.46. The van der Waals surface area contributed by atoms with Crippen molar-refractivity contribution in [3.05, 3.63) is 0 Å². The highest BCUT2D eigenvalue weighted by molar-refractivity contribution is 5.90. The van der Waals surface area contributed by atoms with E-state index in [1.807, 2.05) is 13.8 Å². The van der Waals surface area contributed by atoms with E-state index in [9.17, 15) is 9.59 Å². The van der Waals surface area contributed by atoms with Crippen molar-refractivity contribution in [2.24, 2.45) is 0 Å². The van der Waals surface area contributed by atoms with Crippen LogP contribution in [0.2, 0.25) is 0 Å². The van der Waals surface area contributed by atoms with Crippen LogP contribution in [0.4, 0.5) is 0 Å². The summed E-state index contributed by atoms with van der Waals surface area (Å²) < 4.78 is 5.51. The molecule has 1 aliphatic heterocycles. The molecule has 1 aliphatic rings. The van der Waals surface area contributed by atoms with Crippen LogP contribution in [0.1, 0.15) is 46.5 Å². The molecule has 1 heterocycles. The number of carbonyl (C=O) groups excluding carboxylic acids is 2. The minimum Gasteiger partial charge on any atom is -0.380 e. The zero-order chi connectivity index (χ0) is 14.3. The second kappa shape index (κ2) is 8.15. The van der Waals surface area contributed by atoms with E-state index in [2.05, 4.69) is 12.2 Å². The van der Waals surface area contributed by atoms with Crippen LogP contribution < -0.4 is 5.32 Å². The maximum atomic E-state index is 12.3. The first-order valence-electron chi connectivity index (χ1n) is 7.27. The molecule has 1 fully saturated rings. The molecule has 0 bridgehead atoms. The Morgan fingerprint density at radius 1 is 1.32 bits per heavy atom. The Hall–Kier alpha value is -1.10. The molecule has 1 rings (SSSR count). The highest BCUT2D eigenvalue weighted by atomic mass is 16.5. The fraction of sp³-hybridized carbons (Fsp3) is 0.857. The van der Waals surface area contributed by atoms with E-state index in [-0.39, 0.29) is 23.9 Å². The molecule has 2 amide bonds. The van der Waals surface area contributed by atoms with Gasteiger partial charge in [-0.3, -0.25) is 9.59 Å². The monoisotopic (exact) mass is 270 g/mol. The van der Waals surface area contributed by atoms with Gasteiger partial charge in [-0.05, 0) is 19.8 Å². The van der Waals surface area contributed by atoms with Gasteiger partial charge in [-0.2, -0.15) is 0 Å². The highest BCUT2D eigenvalue weighted by Gasteiger charge is 2.32. The minimum absolute atomic E-state index is 0.0138. The van der Waals surface area contributed by atoms with Crippen molar-refractivity contribution in [3.8, 4) is 0 Å². The number of nitrogens with one attached hydrogen (secondary N) is 1. The van der Waals surface area contributed by atoms with Crippen LogP contribution in [0, 0.1) is 0 Å². The average molecular weight is 270 g/mol. The molecule has 0 aliphatic carbocycles. The summed E-state index contributed by atoms with van der Waals surface area (Å²) in [4.78, 5) is 25.7. The van der Waals surface area contributed by atoms with Gasteiger partial charge in [-0.15, -0.1) is 0 Å². The summed E-state index contributed by atoms with van der Waals surface area (Å²) in [5, 5.41) is 2.78. The van der Waals surface area contributed by atoms with Gasteiger partial charge in [0.2, 0.25) is 11.8 Å². The third kappa shape index (κ3) is 4.82. The van der Waals surface area contributed by atoms with Gasteiger partial charge in [0, 0.05) is 25.6 Å². The Morgan fingerprint density at radius 3 is 2.68 bits per heavy atom. The number of nitrogens with zero attached hydrogens (tertiary/aromatic N) is 1. The number of unbranched alkanes of at least 4 members (excludes halogenated alkanes) is 1. The number of rotatable bonds is 7. The molecule has 110 valence electrons. The van der Waals surface area contributed by atoms with Gasteiger partial charge in [0.25, 0.3) is 0 Å². The van der Waals surface area contributed by atoms with Gasteiger partial charge in [0.05, 0.1) is 6.61 Å². The molecule has 1 saturated heterocycles. The van der Waals surface area contributed by atoms with Gasteiger partial charge < -0.3 is 15.0 Å². The molecular formula is C14H26N2O3. The minimum atomic E-state index is -0.381. The lowest BCUT2D eigenvalue weighted by molar-refractivity contribution is -0.135. The van der Waals surface area contributed by atoms with Crippen LogP contribution >= 0.6 is 0 Å². The second-order valence-electron chi connectivity index (χ2n) is 5.08. The van der Waals surface area contributed by atoms with Crippen LogP contribution in [-0.4, -0.2) is 48.6 Å². The summed E-state index contributed by atoms with van der Waals surface area (Å²) in [5.41, 5.74) is 0. The summed E-state index contributed by atoms with van der Waals surface area (Å²) in [5.74, 6) is -0.0259. The average Bonchev–Trinajstić information content (AvgIpc) is 2.48. The van der Waals surface area contributed by atoms with Crippen molar-refractivity contribution in [2.75, 3.05) is 19.8 Å². The molecule has 2 unspecified atom stereocenters. The van der Waals surface area contributed by atoms with E-state index in [1.54, 1.807) is 4.90 Å². The Morgan fingerprint density at radius 2 is 2.05 bits per heavy atom. The predicted molar refractivity (Wildman–Crippen MR) is 73.7 cm³/mol. The Balaban J connectivity index is 2.52. The fourth-order valence-electron chi connectivity index (χ4n) is 2.23. The van der Waals surface area contributed by atoms with Crippen LogP contribution in [0.15, 0.2) is 0 Å². The van der Waals surface area contributed by atoms with E-state index >= 15 is 0 Å². The van der Waals surface area contributed by atoms with E-state index in [1.165, 1.54) is 0 Å². The van der Waals surface area contributed by atoms with Crippen molar-refractivity contribution >= 4 is 11.8 Å². The summed E-state index contributed by atoms with van der Waals surface area (Å²) in [6.45, 7) is 7.79. The molecule has 19 heavy (non-hydrogen) atoms. The number of hydrogen-bond donors (Lipinski definition) is 1. The quantitative estimate of drug-likeness (QED) is 0.710. The van der Waals surface area contributed by atoms with Crippen molar-refractivity contribution in [1.29, 1.82) is 0 Å². The molecule has 1 N–H and O–H groups in total. The van der Waals surface area contributed by atoms with Gasteiger partial charge in [-0.25, -0.2) is 0 Å². The molecule has 0 radical (unpaired) electrons. The van der Waals surface area contributed by atoms with Crippen LogP contribution in [0.25, 0.3) is 0 Å². The molecule has 2 atom stereocenters. The van der Waals surface area contributed by atoms with E-state index < -0.39 is 0 Å². The number of carbonyl (C=O) groups is 2. The normalized spacial score (nSPS) is 24.3. The fourth-order valence-corrected chi connectivity index (χ4v) is 2.23. The lowest BCUT2D eigenvalue weighted by Crippen LogP contribution is -2.47. The highest BCUT2D eigenvalue weighted by Crippen LogP contribution is 2.12. The standard InChI is InChI=1S/C14H26N2O3/c1-4-6-8-19-9-7-16-11(3)10-13(17)15-12(5-2)14(16)18/h11-12H,4-10H2,1-3H3,(H,15,17). The van der Waals surface area contributed by atoms with E-state index in [0.29, 0.717) is 26.0 Å². The number of hydrogen-bond acceptors (Lipinski definition) is 3. The SMILES string of the molecule is CCCCOCCN1C(=O)C(CC)NC(=O)CC1C. The van der Waals surface area contributed by atoms with Gasteiger partial charge >= 0.3 is 0 Å². The molecule has 0 aromatic heterocycles. The van der Waals surface area contributed by atoms with E-state index in [0.717, 1.165) is 19.4 Å². The van der Waals surface area contributed by atoms with Crippen LogP contribution in [0.3, 0.4) is 0 Å². The largest absolute Gasteiger partial charge is 0.380 e. The molecule has 0 spiro atoms. The van der Waals surface area contributed by atoms with Gasteiger partial charge in [0.1, 0.15) is 6.04 Å². The van der Waals surface area contributed by atoms with Crippen molar-refractivity contribution in [2.45, 2.75) is 58.5 Å². The maximum Gasteiger partial charge on any atom is 0.245 e.